The maximum atomic E-state index is 11.3. The fraction of sp³-hybridized carbons (Fsp3) is 0.356. The van der Waals surface area contributed by atoms with Crippen molar-refractivity contribution >= 4 is 151 Å². The van der Waals surface area contributed by atoms with Crippen molar-refractivity contribution in [2.45, 2.75) is 86.8 Å². The number of hydrogen-bond donors (Lipinski definition) is 1. The number of aromatic nitrogens is 1. The Morgan fingerprint density at radius 2 is 1.34 bits per heavy atom. The first-order valence-electron chi connectivity index (χ1n) is 20.8. The minimum Gasteiger partial charge on any atom is -0.748 e. The van der Waals surface area contributed by atoms with Gasteiger partial charge in [0.25, 0.3) is 16.3 Å². The molecule has 0 aliphatic carbocycles. The van der Waals surface area contributed by atoms with E-state index in [1.807, 2.05) is 24.3 Å². The van der Waals surface area contributed by atoms with Crippen LogP contribution in [0.4, 0.5) is 11.4 Å². The number of thioether (sulfide) groups is 5. The van der Waals surface area contributed by atoms with Gasteiger partial charge in [-0.25, -0.2) is 21.0 Å². The summed E-state index contributed by atoms with van der Waals surface area (Å²) >= 11 is 8.73. The van der Waals surface area contributed by atoms with E-state index in [0.717, 1.165) is 53.4 Å². The number of anilines is 2. The number of fused-ring (bicyclic) bond motifs is 2. The minimum absolute atomic E-state index is 0. The molecule has 68 heavy (non-hydrogen) atoms. The molecule has 23 heteroatoms. The average Bonchev–Trinajstić information content (AvgIpc) is 3.82. The van der Waals surface area contributed by atoms with Gasteiger partial charge in [0.2, 0.25) is 5.52 Å². The van der Waals surface area contributed by atoms with Crippen molar-refractivity contribution in [3.05, 3.63) is 100 Å². The Morgan fingerprint density at radius 1 is 0.794 bits per heavy atom. The Hall–Kier alpha value is -0.770. The van der Waals surface area contributed by atoms with Crippen molar-refractivity contribution in [3.8, 4) is 0 Å². The van der Waals surface area contributed by atoms with Gasteiger partial charge in [0.05, 0.1) is 38.1 Å². The van der Waals surface area contributed by atoms with E-state index in [1.54, 1.807) is 91.7 Å². The molecular weight excluding hydrogens is 1090 g/mol. The Morgan fingerprint density at radius 3 is 1.90 bits per heavy atom. The van der Waals surface area contributed by atoms with Gasteiger partial charge in [-0.3, -0.25) is 8.91 Å². The van der Waals surface area contributed by atoms with Crippen LogP contribution in [0, 0.1) is 6.92 Å². The maximum absolute atomic E-state index is 11.3. The standard InChI is InChI=1S/C31H40N2O6S8.C14H15NO2S3.Na/c1-6-21(15-30-32(11-7-9-13-46(34,35)36)22-17-26(40-2)28(42-4)19-24(22)44-30)16-31-33(12-8-10-14-47(37,38)39)23-18-27(41-3)29(43-5)20-25(23)45-31;1-11-3-7-13(8-4-11)18-19-14-9-5-12(6-10-14)15-20(16)17-2;/h15-20H,6-14H2,1-5H3,(H-,34,35,36,37,38,39);3-10,15H,1-2H3;/q;;+1/p-1. The van der Waals surface area contributed by atoms with E-state index >= 15 is 0 Å². The zero-order chi connectivity index (χ0) is 48.7. The molecule has 0 saturated carbocycles. The third-order valence-electron chi connectivity index (χ3n) is 10.0. The molecule has 1 aromatic heterocycles. The summed E-state index contributed by atoms with van der Waals surface area (Å²) in [5.41, 5.74) is 5.32. The molecule has 4 aromatic carbocycles. The smallest absolute Gasteiger partial charge is 0.748 e. The maximum Gasteiger partial charge on any atom is 1.00 e. The number of benzene rings is 4. The van der Waals surface area contributed by atoms with Crippen LogP contribution in [-0.2, 0) is 42.2 Å². The summed E-state index contributed by atoms with van der Waals surface area (Å²) in [6, 6.07) is 25.0. The van der Waals surface area contributed by atoms with Crippen LogP contribution in [0.15, 0.2) is 124 Å². The van der Waals surface area contributed by atoms with Crippen LogP contribution in [0.3, 0.4) is 0 Å². The number of nitrogens with one attached hydrogen (secondary N) is 1. The van der Waals surface area contributed by atoms with E-state index in [2.05, 4.69) is 118 Å². The van der Waals surface area contributed by atoms with E-state index in [-0.39, 0.29) is 41.1 Å². The average molecular weight is 1140 g/mol. The molecule has 1 N–H and O–H groups in total. The summed E-state index contributed by atoms with van der Waals surface area (Å²) in [7, 11) is -3.72. The zero-order valence-electron chi connectivity index (χ0n) is 39.1. The molecule has 11 nitrogen and oxygen atoms in total. The summed E-state index contributed by atoms with van der Waals surface area (Å²) in [5, 5.41) is 2.09. The van der Waals surface area contributed by atoms with E-state index < -0.39 is 31.5 Å². The molecule has 2 heterocycles. The first-order chi connectivity index (χ1) is 32.0. The molecule has 5 aromatic rings. The molecule has 1 aliphatic heterocycles. The Kier molecular flexibility index (Phi) is 25.7. The van der Waals surface area contributed by atoms with Gasteiger partial charge >= 0.3 is 29.6 Å². The predicted molar refractivity (Wildman–Crippen MR) is 291 cm³/mol. The Labute approximate surface area is 460 Å². The second-order valence-corrected chi connectivity index (χ2v) is 26.5. The van der Waals surface area contributed by atoms with Gasteiger partial charge in [0, 0.05) is 76.6 Å². The Bertz CT molecular complexity index is 2770. The molecule has 0 fully saturated rings. The molecule has 1 unspecified atom stereocenters. The number of allylic oxidation sites excluding steroid dienone is 2. The summed E-state index contributed by atoms with van der Waals surface area (Å²) in [4.78, 5) is 10.5. The van der Waals surface area contributed by atoms with Crippen LogP contribution in [-0.4, -0.2) is 80.3 Å². The Balaban J connectivity index is 0.000000400. The van der Waals surface area contributed by atoms with Gasteiger partial charge in [0.15, 0.2) is 6.54 Å². The largest absolute Gasteiger partial charge is 1.00 e. The van der Waals surface area contributed by atoms with Crippen molar-refractivity contribution < 1.29 is 68.5 Å². The quantitative estimate of drug-likeness (QED) is 0.0164. The van der Waals surface area contributed by atoms with E-state index in [9.17, 15) is 30.1 Å². The molecule has 0 spiro atoms. The normalized spacial score (nSPS) is 13.9. The number of unbranched alkanes of at least 4 members (excludes halogenated alkanes) is 2. The van der Waals surface area contributed by atoms with Crippen molar-refractivity contribution in [1.29, 1.82) is 0 Å². The van der Waals surface area contributed by atoms with Crippen molar-refractivity contribution in [3.63, 3.8) is 0 Å². The summed E-state index contributed by atoms with van der Waals surface area (Å²) in [6.07, 6.45) is 15.2. The zero-order valence-corrected chi connectivity index (χ0v) is 50.1. The van der Waals surface area contributed by atoms with Crippen LogP contribution >= 0.6 is 91.7 Å². The number of rotatable bonds is 23. The van der Waals surface area contributed by atoms with Crippen LogP contribution in [0.2, 0.25) is 0 Å². The molecule has 1 atom stereocenters. The van der Waals surface area contributed by atoms with Gasteiger partial charge < -0.3 is 14.0 Å². The fourth-order valence-corrected chi connectivity index (χ4v) is 15.6. The van der Waals surface area contributed by atoms with Crippen LogP contribution in [0.1, 0.15) is 49.6 Å². The van der Waals surface area contributed by atoms with Gasteiger partial charge in [-0.05, 0) is 124 Å². The number of nitrogens with zero attached hydrogens (tertiary/aromatic N) is 2. The molecular formula is C45H54N3NaO8S11. The second kappa shape index (κ2) is 29.2. The molecule has 6 rings (SSSR count). The van der Waals surface area contributed by atoms with Gasteiger partial charge in [-0.2, -0.15) is 4.57 Å². The monoisotopic (exact) mass is 1140 g/mol. The fourth-order valence-electron chi connectivity index (χ4n) is 6.60. The third-order valence-corrected chi connectivity index (χ3v) is 20.3. The van der Waals surface area contributed by atoms with E-state index in [4.69, 9.17) is 0 Å². The van der Waals surface area contributed by atoms with Crippen LogP contribution < -0.4 is 43.7 Å². The first kappa shape index (κ1) is 59.8. The summed E-state index contributed by atoms with van der Waals surface area (Å²) in [5.74, 6) is -0.741. The van der Waals surface area contributed by atoms with Gasteiger partial charge in [0.1, 0.15) is 4.70 Å². The van der Waals surface area contributed by atoms with Crippen molar-refractivity contribution in [2.24, 2.45) is 0 Å². The summed E-state index contributed by atoms with van der Waals surface area (Å²) < 4.78 is 89.4. The second-order valence-electron chi connectivity index (χ2n) is 14.7. The molecule has 0 bridgehead atoms. The van der Waals surface area contributed by atoms with E-state index in [1.165, 1.54) is 37.2 Å². The molecule has 0 saturated heterocycles. The molecule has 1 aliphatic rings. The number of hydrogen-bond acceptors (Lipinski definition) is 17. The third kappa shape index (κ3) is 18.6. The van der Waals surface area contributed by atoms with Gasteiger partial charge in [-0.15, -0.1) is 47.0 Å². The van der Waals surface area contributed by atoms with Crippen molar-refractivity contribution in [1.82, 2.24) is 0 Å². The van der Waals surface area contributed by atoms with Crippen LogP contribution in [0.5, 0.6) is 0 Å². The molecule has 0 amide bonds. The summed E-state index contributed by atoms with van der Waals surface area (Å²) in [6.45, 7) is 5.37. The van der Waals surface area contributed by atoms with E-state index in [0.29, 0.717) is 38.8 Å². The first-order valence-corrected chi connectivity index (χ1v) is 33.7. The van der Waals surface area contributed by atoms with Crippen LogP contribution in [0.25, 0.3) is 16.3 Å². The SMILES string of the molecule is CCC(=C/c1sc2cc(SC)c(SC)cc2[n+]1CCCCS(=O)(=O)[O-])/C=C1/Sc2cc(SC)c(SC)cc2N1CCCCS(=O)(=O)[O-].COS(=O)Nc1ccc(SSc2ccc(C)cc2)cc1.[Na+]. The minimum atomic E-state index is -4.26. The molecule has 0 radical (unpaired) electrons. The molecule has 364 valence electrons. The number of aryl methyl sites for hydroxylation is 2. The number of thiazole rings is 1. The topological polar surface area (TPSA) is 160 Å². The van der Waals surface area contributed by atoms with Crippen molar-refractivity contribution in [2.75, 3.05) is 59.8 Å². The van der Waals surface area contributed by atoms with Gasteiger partial charge in [-0.1, -0.05) is 69.3 Å². The predicted octanol–water partition coefficient (Wildman–Crippen LogP) is 9.41.